The number of sulfonamides is 1. The molecule has 0 unspecified atom stereocenters. The molecule has 0 fully saturated rings. The number of hydrogen-bond donors (Lipinski definition) is 0. The van der Waals surface area contributed by atoms with Crippen LogP contribution in [-0.2, 0) is 23.0 Å². The number of hydrogen-bond acceptors (Lipinski definition) is 2. The van der Waals surface area contributed by atoms with Gasteiger partial charge >= 0.3 is 0 Å². The molecule has 0 spiro atoms. The summed E-state index contributed by atoms with van der Waals surface area (Å²) in [6.45, 7) is 3.27. The van der Waals surface area contributed by atoms with E-state index in [9.17, 15) is 8.42 Å². The molecule has 0 bridgehead atoms. The summed E-state index contributed by atoms with van der Waals surface area (Å²) >= 11 is 0. The minimum absolute atomic E-state index is 0.244. The number of benzene rings is 1. The first-order chi connectivity index (χ1) is 8.13. The maximum Gasteiger partial charge on any atom is 0.214 e. The molecule has 3 nitrogen and oxygen atoms in total. The highest BCUT2D eigenvalue weighted by Crippen LogP contribution is 2.20. The number of aryl methyl sites for hydroxylation is 1. The van der Waals surface area contributed by atoms with Crippen LogP contribution in [0.25, 0.3) is 0 Å². The second-order valence-corrected chi connectivity index (χ2v) is 6.61. The van der Waals surface area contributed by atoms with Gasteiger partial charge in [-0.25, -0.2) is 8.42 Å². The fourth-order valence-corrected chi connectivity index (χ4v) is 3.64. The number of unbranched alkanes of at least 4 members (excludes halogenated alkanes) is 1. The molecule has 0 saturated carbocycles. The Hall–Kier alpha value is -0.870. The number of rotatable bonds is 3. The Bertz CT molecular complexity index is 482. The molecule has 0 atom stereocenters. The van der Waals surface area contributed by atoms with E-state index in [1.54, 1.807) is 4.31 Å². The Balaban J connectivity index is 2.26. The Morgan fingerprint density at radius 3 is 2.65 bits per heavy atom. The van der Waals surface area contributed by atoms with Crippen LogP contribution in [0.5, 0.6) is 0 Å². The molecule has 1 aliphatic heterocycles. The van der Waals surface area contributed by atoms with Gasteiger partial charge < -0.3 is 0 Å². The average molecular weight is 253 g/mol. The number of nitrogens with zero attached hydrogens (tertiary/aromatic N) is 1. The first-order valence-corrected chi connectivity index (χ1v) is 7.79. The van der Waals surface area contributed by atoms with E-state index in [-0.39, 0.29) is 5.75 Å². The van der Waals surface area contributed by atoms with Gasteiger partial charge in [0.25, 0.3) is 0 Å². The first-order valence-electron chi connectivity index (χ1n) is 6.18. The molecule has 1 heterocycles. The third kappa shape index (κ3) is 2.87. The molecule has 1 aliphatic rings. The van der Waals surface area contributed by atoms with Crippen LogP contribution in [0.15, 0.2) is 24.3 Å². The maximum absolute atomic E-state index is 12.1. The summed E-state index contributed by atoms with van der Waals surface area (Å²) in [5.74, 6) is 0.244. The topological polar surface area (TPSA) is 37.4 Å². The van der Waals surface area contributed by atoms with Gasteiger partial charge in [0, 0.05) is 13.1 Å². The van der Waals surface area contributed by atoms with Crippen molar-refractivity contribution in [1.29, 1.82) is 0 Å². The van der Waals surface area contributed by atoms with E-state index in [0.29, 0.717) is 19.5 Å². The van der Waals surface area contributed by atoms with Crippen molar-refractivity contribution in [2.24, 2.45) is 0 Å². The highest BCUT2D eigenvalue weighted by atomic mass is 32.2. The van der Waals surface area contributed by atoms with Crippen LogP contribution >= 0.6 is 0 Å². The summed E-state index contributed by atoms with van der Waals surface area (Å²) < 4.78 is 25.8. The molecule has 0 aliphatic carbocycles. The van der Waals surface area contributed by atoms with Crippen molar-refractivity contribution in [3.63, 3.8) is 0 Å². The largest absolute Gasteiger partial charge is 0.214 e. The SMILES string of the molecule is CCCCN1Cc2ccccc2CCS1(=O)=O. The fourth-order valence-electron chi connectivity index (χ4n) is 2.16. The summed E-state index contributed by atoms with van der Waals surface area (Å²) in [5, 5.41) is 0. The van der Waals surface area contributed by atoms with Gasteiger partial charge in [-0.1, -0.05) is 37.6 Å². The third-order valence-corrected chi connectivity index (χ3v) is 5.07. The van der Waals surface area contributed by atoms with Crippen LogP contribution in [0.4, 0.5) is 0 Å². The van der Waals surface area contributed by atoms with Crippen molar-refractivity contribution < 1.29 is 8.42 Å². The summed E-state index contributed by atoms with van der Waals surface area (Å²) in [5.41, 5.74) is 2.33. The van der Waals surface area contributed by atoms with Crippen molar-refractivity contribution in [2.45, 2.75) is 32.7 Å². The van der Waals surface area contributed by atoms with Gasteiger partial charge in [-0.3, -0.25) is 0 Å². The molecular weight excluding hydrogens is 234 g/mol. The minimum Gasteiger partial charge on any atom is -0.212 e. The molecule has 0 saturated heterocycles. The van der Waals surface area contributed by atoms with E-state index < -0.39 is 10.0 Å². The standard InChI is InChI=1S/C13H19NO2S/c1-2-3-9-14-11-13-7-5-4-6-12(13)8-10-17(14,15)16/h4-7H,2-3,8-11H2,1H3. The molecule has 1 aromatic carbocycles. The lowest BCUT2D eigenvalue weighted by atomic mass is 10.1. The van der Waals surface area contributed by atoms with Crippen LogP contribution in [0, 0.1) is 0 Å². The molecule has 0 radical (unpaired) electrons. The highest BCUT2D eigenvalue weighted by Gasteiger charge is 2.25. The number of fused-ring (bicyclic) bond motifs is 1. The maximum atomic E-state index is 12.1. The average Bonchev–Trinajstić information content (AvgIpc) is 2.44. The van der Waals surface area contributed by atoms with Crippen molar-refractivity contribution in [3.8, 4) is 0 Å². The van der Waals surface area contributed by atoms with E-state index in [2.05, 4.69) is 6.92 Å². The quantitative estimate of drug-likeness (QED) is 0.828. The Kier molecular flexibility index (Phi) is 3.84. The molecule has 17 heavy (non-hydrogen) atoms. The summed E-state index contributed by atoms with van der Waals surface area (Å²) in [6, 6.07) is 8.03. The van der Waals surface area contributed by atoms with Gasteiger partial charge in [0.05, 0.1) is 5.75 Å². The molecular formula is C13H19NO2S. The predicted octanol–water partition coefficient (Wildman–Crippen LogP) is 2.17. The third-order valence-electron chi connectivity index (χ3n) is 3.25. The van der Waals surface area contributed by atoms with Crippen molar-refractivity contribution in [2.75, 3.05) is 12.3 Å². The second-order valence-electron chi connectivity index (χ2n) is 4.52. The van der Waals surface area contributed by atoms with Crippen LogP contribution in [-0.4, -0.2) is 25.0 Å². The smallest absolute Gasteiger partial charge is 0.212 e. The monoisotopic (exact) mass is 253 g/mol. The Morgan fingerprint density at radius 2 is 1.94 bits per heavy atom. The van der Waals surface area contributed by atoms with E-state index in [4.69, 9.17) is 0 Å². The normalized spacial score (nSPS) is 19.6. The van der Waals surface area contributed by atoms with E-state index in [1.165, 1.54) is 5.56 Å². The summed E-state index contributed by atoms with van der Waals surface area (Å²) in [4.78, 5) is 0. The molecule has 94 valence electrons. The zero-order chi connectivity index (χ0) is 12.3. The van der Waals surface area contributed by atoms with Gasteiger partial charge in [0.15, 0.2) is 0 Å². The van der Waals surface area contributed by atoms with Crippen LogP contribution in [0.3, 0.4) is 0 Å². The molecule has 4 heteroatoms. The lowest BCUT2D eigenvalue weighted by molar-refractivity contribution is 0.401. The van der Waals surface area contributed by atoms with Gasteiger partial charge in [-0.15, -0.1) is 0 Å². The Labute approximate surface area is 104 Å². The van der Waals surface area contributed by atoms with Crippen LogP contribution in [0.2, 0.25) is 0 Å². The Morgan fingerprint density at radius 1 is 1.24 bits per heavy atom. The highest BCUT2D eigenvalue weighted by molar-refractivity contribution is 7.89. The minimum atomic E-state index is -3.07. The van der Waals surface area contributed by atoms with Gasteiger partial charge in [0.1, 0.15) is 0 Å². The molecule has 1 aromatic rings. The molecule has 2 rings (SSSR count). The lowest BCUT2D eigenvalue weighted by Gasteiger charge is -2.19. The molecule has 0 N–H and O–H groups in total. The van der Waals surface area contributed by atoms with E-state index >= 15 is 0 Å². The van der Waals surface area contributed by atoms with Crippen molar-refractivity contribution in [3.05, 3.63) is 35.4 Å². The fraction of sp³-hybridized carbons (Fsp3) is 0.538. The predicted molar refractivity (Wildman–Crippen MR) is 69.3 cm³/mol. The van der Waals surface area contributed by atoms with Gasteiger partial charge in [-0.2, -0.15) is 4.31 Å². The van der Waals surface area contributed by atoms with Crippen LogP contribution in [0.1, 0.15) is 30.9 Å². The van der Waals surface area contributed by atoms with Gasteiger partial charge in [-0.05, 0) is 24.0 Å². The zero-order valence-corrected chi connectivity index (χ0v) is 11.0. The summed E-state index contributed by atoms with van der Waals surface area (Å²) in [6.07, 6.45) is 2.59. The van der Waals surface area contributed by atoms with Gasteiger partial charge in [0.2, 0.25) is 10.0 Å². The molecule has 0 aromatic heterocycles. The first kappa shape index (κ1) is 12.6. The van der Waals surface area contributed by atoms with Crippen molar-refractivity contribution >= 4 is 10.0 Å². The van der Waals surface area contributed by atoms with E-state index in [1.807, 2.05) is 24.3 Å². The zero-order valence-electron chi connectivity index (χ0n) is 10.2. The van der Waals surface area contributed by atoms with E-state index in [0.717, 1.165) is 18.4 Å². The lowest BCUT2D eigenvalue weighted by Crippen LogP contribution is -2.32. The van der Waals surface area contributed by atoms with Crippen LogP contribution < -0.4 is 0 Å². The summed E-state index contributed by atoms with van der Waals surface area (Å²) in [7, 11) is -3.07. The second kappa shape index (κ2) is 5.19. The van der Waals surface area contributed by atoms with Crippen molar-refractivity contribution in [1.82, 2.24) is 4.31 Å². The molecule has 0 amide bonds.